The average molecular weight is 959 g/mol. The molecule has 0 saturated heterocycles. The monoisotopic (exact) mass is 958 g/mol. The number of para-hydroxylation sites is 1. The van der Waals surface area contributed by atoms with Gasteiger partial charge in [0, 0.05) is 28.2 Å². The molecule has 1 aromatic heterocycles. The van der Waals surface area contributed by atoms with Gasteiger partial charge in [0.05, 0.1) is 49.4 Å². The van der Waals surface area contributed by atoms with Crippen molar-refractivity contribution in [3.63, 3.8) is 0 Å². The number of carbonyl (C=O) groups excluding carboxylic acids is 3. The number of allylic oxidation sites excluding steroid dienone is 3. The minimum atomic E-state index is -5.33. The summed E-state index contributed by atoms with van der Waals surface area (Å²) >= 11 is 0. The van der Waals surface area contributed by atoms with Gasteiger partial charge in [0.15, 0.2) is 17.3 Å². The number of carboxylic acids is 1. The van der Waals surface area contributed by atoms with Crippen molar-refractivity contribution in [2.45, 2.75) is 9.79 Å². The second kappa shape index (κ2) is 20.1. The number of anilines is 10. The molecule has 0 unspecified atom stereocenters. The zero-order valence-corrected chi connectivity index (χ0v) is 40.4. The first-order chi connectivity index (χ1) is 30.9. The molecule has 21 nitrogen and oxygen atoms in total. The molecule has 2 aliphatic carbocycles. The maximum Gasteiger partial charge on any atom is 1.00 e. The molecule has 326 valence electrons. The van der Waals surface area contributed by atoms with Gasteiger partial charge in [-0.2, -0.15) is 20.1 Å². The van der Waals surface area contributed by atoms with Gasteiger partial charge >= 0.3 is 65.1 Å². The summed E-state index contributed by atoms with van der Waals surface area (Å²) in [6.07, 6.45) is 3.58. The topological polar surface area (TPSA) is 340 Å². The minimum absolute atomic E-state index is 0. The Morgan fingerprint density at radius 2 is 1.12 bits per heavy atom. The fourth-order valence-corrected chi connectivity index (χ4v) is 7.91. The molecule has 8 N–H and O–H groups in total. The van der Waals surface area contributed by atoms with Gasteiger partial charge in [-0.25, -0.2) is 21.6 Å². The summed E-state index contributed by atoms with van der Waals surface area (Å²) in [7, 11) is -10.7. The zero-order chi connectivity index (χ0) is 46.2. The summed E-state index contributed by atoms with van der Waals surface area (Å²) < 4.78 is 75.3. The van der Waals surface area contributed by atoms with E-state index in [1.54, 1.807) is 54.6 Å². The molecule has 0 atom stereocenters. The predicted octanol–water partition coefficient (Wildman–Crippen LogP) is -1.06. The molecule has 0 aliphatic heterocycles. The van der Waals surface area contributed by atoms with E-state index in [2.05, 4.69) is 46.7 Å². The third kappa shape index (κ3) is 11.0. The largest absolute Gasteiger partial charge is 1.00 e. The zero-order valence-electron chi connectivity index (χ0n) is 34.8. The number of carbonyl (C=O) groups is 4. The number of aliphatic carboxylic acids is 1. The van der Waals surface area contributed by atoms with E-state index in [-0.39, 0.29) is 116 Å². The van der Waals surface area contributed by atoms with Crippen LogP contribution in [0.3, 0.4) is 0 Å². The standard InChI is InChI=1S/C42H30N10O11S2.2Na/c43-36-33(65(61,62)63)20-30(34-35(36)38(55)27-9-5-4-8-26(27)37(34)54)44-24-14-16-29(32(19-24)64(58,59)60)47-42-49-40(45-21-6-2-1-3-7-21)48-41(50-42)46-22-10-12-23(13-11-22)51-52-25-15-17-31(53)28(18-25)39(56)57;;/h1-20,44,51H,43H2,(H,56,57)(H,58,59,60)(H,61,62,63)(H3,45,46,47,48,49,50);;/q;2*+1/p-2/b52-25+;;. The second-order valence-electron chi connectivity index (χ2n) is 13.9. The van der Waals surface area contributed by atoms with Gasteiger partial charge in [-0.3, -0.25) is 19.8 Å². The van der Waals surface area contributed by atoms with Crippen LogP contribution in [0.5, 0.6) is 0 Å². The van der Waals surface area contributed by atoms with Crippen LogP contribution in [0.4, 0.5) is 57.7 Å². The quantitative estimate of drug-likeness (QED) is 0.0181. The fourth-order valence-electron chi connectivity index (χ4n) is 6.62. The predicted molar refractivity (Wildman–Crippen MR) is 233 cm³/mol. The van der Waals surface area contributed by atoms with Gasteiger partial charge in [-0.1, -0.05) is 42.5 Å². The van der Waals surface area contributed by atoms with Gasteiger partial charge in [-0.15, -0.1) is 0 Å². The van der Waals surface area contributed by atoms with Gasteiger partial charge in [-0.05, 0) is 78.9 Å². The Morgan fingerprint density at radius 1 is 0.597 bits per heavy atom. The van der Waals surface area contributed by atoms with E-state index < -0.39 is 70.2 Å². The van der Waals surface area contributed by atoms with Gasteiger partial charge in [0.2, 0.25) is 17.8 Å². The Bertz CT molecular complexity index is 3360. The van der Waals surface area contributed by atoms with Crippen LogP contribution in [0, 0.1) is 0 Å². The van der Waals surface area contributed by atoms with E-state index >= 15 is 0 Å². The molecule has 5 aromatic carbocycles. The molecule has 25 heteroatoms. The van der Waals surface area contributed by atoms with Crippen molar-refractivity contribution in [2.24, 2.45) is 5.10 Å². The smallest absolute Gasteiger partial charge is 0.744 e. The number of fused-ring (bicyclic) bond motifs is 2. The van der Waals surface area contributed by atoms with Crippen LogP contribution in [0.15, 0.2) is 142 Å². The van der Waals surface area contributed by atoms with Gasteiger partial charge < -0.3 is 41.2 Å². The first-order valence-electron chi connectivity index (χ1n) is 18.6. The van der Waals surface area contributed by atoms with Gasteiger partial charge in [0.25, 0.3) is 0 Å². The van der Waals surface area contributed by atoms with Gasteiger partial charge in [0.1, 0.15) is 25.8 Å². The van der Waals surface area contributed by atoms with Crippen LogP contribution < -0.4 is 91.5 Å². The molecule has 0 radical (unpaired) electrons. The molecule has 0 amide bonds. The van der Waals surface area contributed by atoms with Crippen molar-refractivity contribution in [3.05, 3.63) is 149 Å². The number of hydrazone groups is 1. The van der Waals surface area contributed by atoms with Crippen LogP contribution in [-0.4, -0.2) is 75.0 Å². The molecule has 6 aromatic rings. The van der Waals surface area contributed by atoms with Crippen molar-refractivity contribution in [3.8, 4) is 0 Å². The summed E-state index contributed by atoms with van der Waals surface area (Å²) in [5.74, 6) is -3.98. The summed E-state index contributed by atoms with van der Waals surface area (Å²) in [6.45, 7) is 0. The van der Waals surface area contributed by atoms with Crippen molar-refractivity contribution >= 4 is 107 Å². The molecule has 2 aliphatic rings. The molecule has 1 heterocycles. The van der Waals surface area contributed by atoms with E-state index in [0.29, 0.717) is 17.1 Å². The van der Waals surface area contributed by atoms with Crippen molar-refractivity contribution in [1.29, 1.82) is 0 Å². The molecule has 8 rings (SSSR count). The molecular formula is C42H28N10Na2O11S2. The normalized spacial score (nSPS) is 13.6. The van der Waals surface area contributed by atoms with E-state index in [1.165, 1.54) is 36.4 Å². The fraction of sp³-hybridized carbons (Fsp3) is 0. The number of ketones is 3. The first-order valence-corrected chi connectivity index (χ1v) is 21.5. The third-order valence-corrected chi connectivity index (χ3v) is 11.3. The average Bonchev–Trinajstić information content (AvgIpc) is 3.26. The Labute approximate surface area is 424 Å². The number of benzene rings is 5. The number of hydrogen-bond acceptors (Lipinski definition) is 20. The third-order valence-electron chi connectivity index (χ3n) is 9.56. The maximum atomic E-state index is 13.8. The number of nitrogens with one attached hydrogen (secondary N) is 5. The van der Waals surface area contributed by atoms with E-state index in [1.807, 2.05) is 0 Å². The summed E-state index contributed by atoms with van der Waals surface area (Å²) in [6, 6.07) is 24.9. The van der Waals surface area contributed by atoms with Crippen LogP contribution in [-0.2, 0) is 29.8 Å². The Hall–Kier alpha value is -6.64. The number of nitrogen functional groups attached to an aromatic ring is 1. The van der Waals surface area contributed by atoms with Crippen molar-refractivity contribution < 1.29 is 109 Å². The molecule has 0 fully saturated rings. The minimum Gasteiger partial charge on any atom is -0.744 e. The van der Waals surface area contributed by atoms with Crippen LogP contribution >= 0.6 is 0 Å². The van der Waals surface area contributed by atoms with E-state index in [0.717, 1.165) is 30.4 Å². The Kier molecular flexibility index (Phi) is 14.9. The van der Waals surface area contributed by atoms with Crippen LogP contribution in [0.2, 0.25) is 0 Å². The SMILES string of the molecule is Nc1c(S(=O)(=O)[O-])cc(Nc2ccc(Nc3nc(Nc4ccccc4)nc(Nc4ccc(N/N=C5\C=CC(=O)C(C(=O)O)=C5)cc4)n3)c(S(=O)(=O)[O-])c2)c2c1C(=O)c1ccccc1C2=O.[Na+].[Na+]. The van der Waals surface area contributed by atoms with Crippen molar-refractivity contribution in [2.75, 3.05) is 32.4 Å². The molecule has 0 bridgehead atoms. The van der Waals surface area contributed by atoms with Crippen LogP contribution in [0.25, 0.3) is 0 Å². The number of aromatic nitrogens is 3. The molecule has 0 spiro atoms. The molecule has 0 saturated carbocycles. The summed E-state index contributed by atoms with van der Waals surface area (Å²) in [5.41, 5.74) is 7.34. The van der Waals surface area contributed by atoms with Crippen molar-refractivity contribution in [1.82, 2.24) is 15.0 Å². The molecular weight excluding hydrogens is 931 g/mol. The number of hydrogen-bond donors (Lipinski definition) is 7. The van der Waals surface area contributed by atoms with E-state index in [9.17, 15) is 50.2 Å². The number of nitrogens with zero attached hydrogens (tertiary/aromatic N) is 4. The van der Waals surface area contributed by atoms with Crippen LogP contribution in [0.1, 0.15) is 31.8 Å². The second-order valence-corrected chi connectivity index (χ2v) is 16.6. The number of nitrogens with two attached hydrogens (primary N) is 1. The Morgan fingerprint density at radius 3 is 1.70 bits per heavy atom. The summed E-state index contributed by atoms with van der Waals surface area (Å²) in [5, 5.41) is 24.8. The molecule has 67 heavy (non-hydrogen) atoms. The Balaban J connectivity index is 0.00000370. The van der Waals surface area contributed by atoms with E-state index in [4.69, 9.17) is 5.73 Å². The summed E-state index contributed by atoms with van der Waals surface area (Å²) in [4.78, 5) is 61.7. The number of carboxylic acid groups (broad SMARTS) is 1. The first kappa shape index (κ1) is 49.8. The number of rotatable bonds is 13. The maximum absolute atomic E-state index is 13.8.